The molecule has 6 nitrogen and oxygen atoms in total. The molecule has 0 amide bonds. The van der Waals surface area contributed by atoms with Crippen LogP contribution in [0.15, 0.2) is 48.0 Å². The predicted octanol–water partition coefficient (Wildman–Crippen LogP) is 4.90. The van der Waals surface area contributed by atoms with E-state index in [0.717, 1.165) is 5.56 Å². The fourth-order valence-corrected chi connectivity index (χ4v) is 2.64. The molecule has 0 heterocycles. The molecule has 0 N–H and O–H groups in total. The molecule has 2 aromatic carbocycles. The number of hydrogen-bond acceptors (Lipinski definition) is 6. The monoisotopic (exact) mass is 407 g/mol. The van der Waals surface area contributed by atoms with E-state index >= 15 is 0 Å². The second kappa shape index (κ2) is 10.8. The van der Waals surface area contributed by atoms with Crippen LogP contribution in [0.1, 0.15) is 55.1 Å². The zero-order valence-electron chi connectivity index (χ0n) is 17.6. The summed E-state index contributed by atoms with van der Waals surface area (Å²) in [4.78, 5) is 24.3. The molecule has 0 spiro atoms. The lowest BCUT2D eigenvalue weighted by Crippen LogP contribution is -2.10. The molecule has 0 radical (unpaired) electrons. The molecule has 2 aromatic rings. The molecule has 0 unspecified atom stereocenters. The molecule has 0 saturated heterocycles. The van der Waals surface area contributed by atoms with Gasteiger partial charge in [0.25, 0.3) is 0 Å². The van der Waals surface area contributed by atoms with Crippen molar-refractivity contribution in [3.05, 3.63) is 64.7 Å². The number of nitriles is 1. The van der Waals surface area contributed by atoms with Crippen LogP contribution >= 0.6 is 0 Å². The largest absolute Gasteiger partial charge is 0.490 e. The Bertz CT molecular complexity index is 968. The quantitative estimate of drug-likeness (QED) is 0.268. The number of rotatable bonds is 8. The number of benzene rings is 2. The maximum atomic E-state index is 12.5. The maximum Gasteiger partial charge on any atom is 0.348 e. The van der Waals surface area contributed by atoms with Gasteiger partial charge in [0.05, 0.1) is 18.8 Å². The Kier molecular flexibility index (Phi) is 8.18. The highest BCUT2D eigenvalue weighted by Gasteiger charge is 2.15. The molecule has 0 aromatic heterocycles. The topological polar surface area (TPSA) is 85.6 Å². The lowest BCUT2D eigenvalue weighted by molar-refractivity contribution is -0.137. The highest BCUT2D eigenvalue weighted by atomic mass is 16.6. The van der Waals surface area contributed by atoms with Crippen molar-refractivity contribution >= 4 is 18.0 Å². The summed E-state index contributed by atoms with van der Waals surface area (Å²) >= 11 is 0. The van der Waals surface area contributed by atoms with Crippen molar-refractivity contribution in [1.82, 2.24) is 0 Å². The number of carbonyl (C=O) groups excluding carboxylic acids is 2. The molecule has 0 aliphatic carbocycles. The molecule has 0 aliphatic rings. The Morgan fingerprint density at radius 2 is 1.73 bits per heavy atom. The molecule has 0 fully saturated rings. The third-order valence-electron chi connectivity index (χ3n) is 4.21. The summed E-state index contributed by atoms with van der Waals surface area (Å²) in [5.41, 5.74) is 1.98. The van der Waals surface area contributed by atoms with Crippen molar-refractivity contribution in [2.75, 3.05) is 13.2 Å². The van der Waals surface area contributed by atoms with E-state index in [1.54, 1.807) is 44.2 Å². The number of hydrogen-bond donors (Lipinski definition) is 0. The van der Waals surface area contributed by atoms with Crippen LogP contribution in [0.4, 0.5) is 0 Å². The van der Waals surface area contributed by atoms with Crippen LogP contribution in [-0.2, 0) is 9.53 Å². The molecule has 6 heteroatoms. The minimum Gasteiger partial charge on any atom is -0.490 e. The minimum absolute atomic E-state index is 0.130. The Morgan fingerprint density at radius 3 is 2.30 bits per heavy atom. The Morgan fingerprint density at radius 1 is 1.03 bits per heavy atom. The molecule has 0 aliphatic heterocycles. The summed E-state index contributed by atoms with van der Waals surface area (Å²) in [5, 5.41) is 9.19. The van der Waals surface area contributed by atoms with Crippen LogP contribution in [0, 0.1) is 11.3 Å². The standard InChI is InChI=1S/C24H25NO5/c1-5-28-22-14-17(13-20(15-25)23(26)29-6-2)7-12-21(22)30-24(27)19-10-8-18(9-11-19)16(3)4/h7-14,16H,5-6H2,1-4H3/b20-13+. The van der Waals surface area contributed by atoms with Crippen LogP contribution in [0.25, 0.3) is 6.08 Å². The summed E-state index contributed by atoms with van der Waals surface area (Å²) in [5.74, 6) is -0.244. The predicted molar refractivity (Wildman–Crippen MR) is 113 cm³/mol. The Labute approximate surface area is 176 Å². The van der Waals surface area contributed by atoms with Gasteiger partial charge in [0, 0.05) is 0 Å². The van der Waals surface area contributed by atoms with Crippen LogP contribution in [-0.4, -0.2) is 25.2 Å². The van der Waals surface area contributed by atoms with Gasteiger partial charge in [-0.1, -0.05) is 32.0 Å². The minimum atomic E-state index is -0.696. The van der Waals surface area contributed by atoms with Gasteiger partial charge in [0.1, 0.15) is 11.6 Å². The zero-order valence-corrected chi connectivity index (χ0v) is 17.6. The third-order valence-corrected chi connectivity index (χ3v) is 4.21. The number of esters is 2. The van der Waals surface area contributed by atoms with Crippen LogP contribution < -0.4 is 9.47 Å². The van der Waals surface area contributed by atoms with E-state index < -0.39 is 11.9 Å². The van der Waals surface area contributed by atoms with Gasteiger partial charge < -0.3 is 14.2 Å². The van der Waals surface area contributed by atoms with E-state index in [-0.39, 0.29) is 17.9 Å². The molecule has 0 atom stereocenters. The second-order valence-corrected chi connectivity index (χ2v) is 6.70. The molecule has 30 heavy (non-hydrogen) atoms. The molecular formula is C24H25NO5. The first-order valence-corrected chi connectivity index (χ1v) is 9.77. The van der Waals surface area contributed by atoms with Crippen molar-refractivity contribution in [2.45, 2.75) is 33.6 Å². The molecular weight excluding hydrogens is 382 g/mol. The lowest BCUT2D eigenvalue weighted by atomic mass is 10.0. The van der Waals surface area contributed by atoms with Gasteiger partial charge in [0.2, 0.25) is 0 Å². The molecule has 0 saturated carbocycles. The number of ether oxygens (including phenoxy) is 3. The highest BCUT2D eigenvalue weighted by Crippen LogP contribution is 2.30. The van der Waals surface area contributed by atoms with Gasteiger partial charge in [-0.2, -0.15) is 5.26 Å². The average Bonchev–Trinajstić information content (AvgIpc) is 2.74. The smallest absolute Gasteiger partial charge is 0.348 e. The summed E-state index contributed by atoms with van der Waals surface area (Å²) in [6.07, 6.45) is 1.40. The maximum absolute atomic E-state index is 12.5. The summed E-state index contributed by atoms with van der Waals surface area (Å²) < 4.78 is 16.0. The second-order valence-electron chi connectivity index (χ2n) is 6.70. The lowest BCUT2D eigenvalue weighted by Gasteiger charge is -2.12. The van der Waals surface area contributed by atoms with E-state index in [1.807, 2.05) is 18.2 Å². The van der Waals surface area contributed by atoms with Crippen molar-refractivity contribution in [3.63, 3.8) is 0 Å². The Hall–Kier alpha value is -3.59. The SMILES string of the molecule is CCOC(=O)/C(C#N)=C/c1ccc(OC(=O)c2ccc(C(C)C)cc2)c(OCC)c1. The van der Waals surface area contributed by atoms with E-state index in [2.05, 4.69) is 13.8 Å². The van der Waals surface area contributed by atoms with Crippen molar-refractivity contribution < 1.29 is 23.8 Å². The number of nitrogens with zero attached hydrogens (tertiary/aromatic N) is 1. The van der Waals surface area contributed by atoms with Gasteiger partial charge >= 0.3 is 11.9 Å². The first-order valence-electron chi connectivity index (χ1n) is 9.77. The average molecular weight is 407 g/mol. The highest BCUT2D eigenvalue weighted by molar-refractivity contribution is 5.98. The van der Waals surface area contributed by atoms with Crippen molar-refractivity contribution in [3.8, 4) is 17.6 Å². The molecule has 2 rings (SSSR count). The molecule has 0 bridgehead atoms. The van der Waals surface area contributed by atoms with Crippen LogP contribution in [0.5, 0.6) is 11.5 Å². The van der Waals surface area contributed by atoms with E-state index in [9.17, 15) is 14.9 Å². The van der Waals surface area contributed by atoms with E-state index in [4.69, 9.17) is 14.2 Å². The van der Waals surface area contributed by atoms with Gasteiger partial charge in [-0.3, -0.25) is 0 Å². The van der Waals surface area contributed by atoms with Gasteiger partial charge in [-0.25, -0.2) is 9.59 Å². The normalized spacial score (nSPS) is 11.0. The Balaban J connectivity index is 2.27. The zero-order chi connectivity index (χ0) is 22.1. The fourth-order valence-electron chi connectivity index (χ4n) is 2.64. The number of carbonyl (C=O) groups is 2. The van der Waals surface area contributed by atoms with Gasteiger partial charge in [0.15, 0.2) is 11.5 Å². The van der Waals surface area contributed by atoms with Crippen molar-refractivity contribution in [2.24, 2.45) is 0 Å². The first kappa shape index (κ1) is 22.7. The van der Waals surface area contributed by atoms with Crippen LogP contribution in [0.3, 0.4) is 0 Å². The van der Waals surface area contributed by atoms with Crippen LogP contribution in [0.2, 0.25) is 0 Å². The summed E-state index contributed by atoms with van der Waals surface area (Å²) in [6, 6.07) is 13.9. The summed E-state index contributed by atoms with van der Waals surface area (Å²) in [6.45, 7) is 8.16. The van der Waals surface area contributed by atoms with E-state index in [1.165, 1.54) is 6.08 Å². The van der Waals surface area contributed by atoms with Gasteiger partial charge in [-0.05, 0) is 61.2 Å². The van der Waals surface area contributed by atoms with Crippen molar-refractivity contribution in [1.29, 1.82) is 5.26 Å². The fraction of sp³-hybridized carbons (Fsp3) is 0.292. The van der Waals surface area contributed by atoms with Gasteiger partial charge in [-0.15, -0.1) is 0 Å². The summed E-state index contributed by atoms with van der Waals surface area (Å²) in [7, 11) is 0. The molecule has 156 valence electrons. The first-order chi connectivity index (χ1) is 14.4. The van der Waals surface area contributed by atoms with E-state index in [0.29, 0.717) is 29.4 Å². The third kappa shape index (κ3) is 5.95.